The Labute approximate surface area is 196 Å². The number of carboxylic acid groups (broad SMARTS) is 1. The lowest BCUT2D eigenvalue weighted by Crippen LogP contribution is -2.24. The number of anilines is 1. The van der Waals surface area contributed by atoms with Crippen LogP contribution in [-0.2, 0) is 11.2 Å². The van der Waals surface area contributed by atoms with Crippen LogP contribution in [0.1, 0.15) is 15.9 Å². The normalized spacial score (nSPS) is 14.8. The number of phenols is 1. The van der Waals surface area contributed by atoms with Crippen LogP contribution in [-0.4, -0.2) is 45.1 Å². The fourth-order valence-corrected chi connectivity index (χ4v) is 3.59. The predicted octanol–water partition coefficient (Wildman–Crippen LogP) is 4.74. The average molecular weight is 457 g/mol. The topological polar surface area (TPSA) is 116 Å². The van der Waals surface area contributed by atoms with Crippen molar-refractivity contribution in [3.8, 4) is 16.9 Å². The zero-order valence-corrected chi connectivity index (χ0v) is 18.2. The molecule has 4 aromatic rings. The monoisotopic (exact) mass is 457 g/mol. The van der Waals surface area contributed by atoms with E-state index in [4.69, 9.17) is 9.84 Å². The zero-order valence-electron chi connectivity index (χ0n) is 18.2. The Morgan fingerprint density at radius 3 is 2.47 bits per heavy atom. The first-order chi connectivity index (χ1) is 16.5. The van der Waals surface area contributed by atoms with Crippen LogP contribution in [0.5, 0.6) is 5.75 Å². The van der Waals surface area contributed by atoms with Gasteiger partial charge >= 0.3 is 12.1 Å². The number of rotatable bonds is 5. The molecule has 3 aromatic carbocycles. The standard InChI is InChI=1S/C16H15NO3.C10H8N2O2/c18-14-8-6-13(7-9-14)17-11-15(20-16(17)19)10-12-4-2-1-3-5-12;13-10(14)8-3-1-2-7(4-8)9-5-11-12-6-9/h1-9,15,18H,10-11H2;1-6H,(H,11,12)(H,13,14)/t15-;/m0./s1. The van der Waals surface area contributed by atoms with Crippen LogP contribution >= 0.6 is 0 Å². The van der Waals surface area contributed by atoms with Crippen molar-refractivity contribution in [2.45, 2.75) is 12.5 Å². The summed E-state index contributed by atoms with van der Waals surface area (Å²) in [5.74, 6) is -0.738. The summed E-state index contributed by atoms with van der Waals surface area (Å²) in [6.07, 6.45) is 3.61. The van der Waals surface area contributed by atoms with Crippen LogP contribution in [0.25, 0.3) is 11.1 Å². The first kappa shape index (κ1) is 22.6. The largest absolute Gasteiger partial charge is 0.508 e. The highest BCUT2D eigenvalue weighted by Gasteiger charge is 2.32. The van der Waals surface area contributed by atoms with Gasteiger partial charge in [0, 0.05) is 23.9 Å². The van der Waals surface area contributed by atoms with E-state index in [1.807, 2.05) is 36.4 Å². The Morgan fingerprint density at radius 2 is 1.79 bits per heavy atom. The predicted molar refractivity (Wildman–Crippen MR) is 127 cm³/mol. The van der Waals surface area contributed by atoms with Crippen molar-refractivity contribution in [1.82, 2.24) is 10.2 Å². The number of aromatic amines is 1. The summed E-state index contributed by atoms with van der Waals surface area (Å²) in [6.45, 7) is 0.526. The molecule has 8 heteroatoms. The summed E-state index contributed by atoms with van der Waals surface area (Å²) in [5, 5.41) is 24.5. The molecule has 1 fully saturated rings. The van der Waals surface area contributed by atoms with E-state index in [-0.39, 0.29) is 23.5 Å². The molecule has 1 aliphatic heterocycles. The molecule has 2 heterocycles. The number of hydrogen-bond donors (Lipinski definition) is 3. The molecule has 0 unspecified atom stereocenters. The highest BCUT2D eigenvalue weighted by molar-refractivity contribution is 5.90. The van der Waals surface area contributed by atoms with Crippen LogP contribution in [0, 0.1) is 0 Å². The number of nitrogens with zero attached hydrogens (tertiary/aromatic N) is 2. The van der Waals surface area contributed by atoms with Gasteiger partial charge in [-0.25, -0.2) is 9.59 Å². The summed E-state index contributed by atoms with van der Waals surface area (Å²) in [7, 11) is 0. The molecule has 0 saturated carbocycles. The minimum atomic E-state index is -0.921. The third-order valence-corrected chi connectivity index (χ3v) is 5.28. The van der Waals surface area contributed by atoms with Gasteiger partial charge in [-0.05, 0) is 47.5 Å². The van der Waals surface area contributed by atoms with E-state index in [0.717, 1.165) is 22.4 Å². The molecule has 1 aliphatic rings. The lowest BCUT2D eigenvalue weighted by Gasteiger charge is -2.12. The highest BCUT2D eigenvalue weighted by atomic mass is 16.6. The number of ether oxygens (including phenoxy) is 1. The molecule has 1 atom stereocenters. The van der Waals surface area contributed by atoms with Crippen LogP contribution in [0.15, 0.2) is 91.3 Å². The third kappa shape index (κ3) is 5.60. The summed E-state index contributed by atoms with van der Waals surface area (Å²) < 4.78 is 5.39. The summed E-state index contributed by atoms with van der Waals surface area (Å²) in [5.41, 5.74) is 3.90. The van der Waals surface area contributed by atoms with Gasteiger partial charge in [0.25, 0.3) is 0 Å². The molecular weight excluding hydrogens is 434 g/mol. The first-order valence-electron chi connectivity index (χ1n) is 10.6. The van der Waals surface area contributed by atoms with Crippen molar-refractivity contribution in [1.29, 1.82) is 0 Å². The minimum Gasteiger partial charge on any atom is -0.508 e. The van der Waals surface area contributed by atoms with E-state index < -0.39 is 5.97 Å². The number of aromatic carboxylic acids is 1. The van der Waals surface area contributed by atoms with E-state index >= 15 is 0 Å². The second-order valence-electron chi connectivity index (χ2n) is 7.70. The van der Waals surface area contributed by atoms with E-state index in [0.29, 0.717) is 13.0 Å². The fourth-order valence-electron chi connectivity index (χ4n) is 3.59. The molecule has 34 heavy (non-hydrogen) atoms. The van der Waals surface area contributed by atoms with Crippen LogP contribution in [0.3, 0.4) is 0 Å². The van der Waals surface area contributed by atoms with Gasteiger partial charge in [-0.3, -0.25) is 10.00 Å². The van der Waals surface area contributed by atoms with E-state index in [2.05, 4.69) is 10.2 Å². The number of phenolic OH excluding ortho intramolecular Hbond substituents is 1. The molecule has 3 N–H and O–H groups in total. The Hall–Kier alpha value is -4.59. The zero-order chi connectivity index (χ0) is 23.9. The van der Waals surface area contributed by atoms with Crippen molar-refractivity contribution in [3.05, 3.63) is 102 Å². The van der Waals surface area contributed by atoms with Crippen molar-refractivity contribution < 1.29 is 24.5 Å². The molecule has 0 bridgehead atoms. The van der Waals surface area contributed by atoms with Gasteiger partial charge in [-0.2, -0.15) is 5.10 Å². The lowest BCUT2D eigenvalue weighted by atomic mass is 10.1. The number of nitrogens with one attached hydrogen (secondary N) is 1. The summed E-state index contributed by atoms with van der Waals surface area (Å²) >= 11 is 0. The highest BCUT2D eigenvalue weighted by Crippen LogP contribution is 2.25. The number of carboxylic acids is 1. The lowest BCUT2D eigenvalue weighted by molar-refractivity contribution is 0.0696. The number of H-pyrrole nitrogens is 1. The molecule has 0 aliphatic carbocycles. The number of hydrogen-bond acceptors (Lipinski definition) is 5. The average Bonchev–Trinajstić information content (AvgIpc) is 3.51. The summed E-state index contributed by atoms with van der Waals surface area (Å²) in [4.78, 5) is 24.2. The van der Waals surface area contributed by atoms with Crippen LogP contribution in [0.4, 0.5) is 10.5 Å². The molecule has 5 rings (SSSR count). The second-order valence-corrected chi connectivity index (χ2v) is 7.70. The molecule has 1 saturated heterocycles. The molecular formula is C26H23N3O5. The number of carbonyl (C=O) groups excluding carboxylic acids is 1. The van der Waals surface area contributed by atoms with Crippen molar-refractivity contribution in [3.63, 3.8) is 0 Å². The SMILES string of the molecule is O=C(O)c1cccc(-c2cn[nH]c2)c1.O=C1O[C@@H](Cc2ccccc2)CN1c1ccc(O)cc1. The van der Waals surface area contributed by atoms with Crippen molar-refractivity contribution in [2.24, 2.45) is 0 Å². The molecule has 172 valence electrons. The maximum absolute atomic E-state index is 11.9. The van der Waals surface area contributed by atoms with Gasteiger partial charge in [0.1, 0.15) is 11.9 Å². The number of carbonyl (C=O) groups is 2. The fraction of sp³-hybridized carbons (Fsp3) is 0.115. The van der Waals surface area contributed by atoms with Crippen molar-refractivity contribution in [2.75, 3.05) is 11.4 Å². The van der Waals surface area contributed by atoms with E-state index in [1.54, 1.807) is 59.8 Å². The molecule has 1 aromatic heterocycles. The van der Waals surface area contributed by atoms with Crippen LogP contribution in [0.2, 0.25) is 0 Å². The number of aromatic hydroxyl groups is 1. The Balaban J connectivity index is 0.000000172. The number of amides is 1. The third-order valence-electron chi connectivity index (χ3n) is 5.28. The molecule has 0 spiro atoms. The van der Waals surface area contributed by atoms with Gasteiger partial charge in [0.15, 0.2) is 0 Å². The van der Waals surface area contributed by atoms with Gasteiger partial charge < -0.3 is 14.9 Å². The first-order valence-corrected chi connectivity index (χ1v) is 10.6. The number of benzene rings is 3. The van der Waals surface area contributed by atoms with Gasteiger partial charge in [-0.15, -0.1) is 0 Å². The van der Waals surface area contributed by atoms with Gasteiger partial charge in [0.05, 0.1) is 18.3 Å². The smallest absolute Gasteiger partial charge is 0.414 e. The molecule has 8 nitrogen and oxygen atoms in total. The Bertz CT molecular complexity index is 1240. The van der Waals surface area contributed by atoms with Gasteiger partial charge in [0.2, 0.25) is 0 Å². The quantitative estimate of drug-likeness (QED) is 0.399. The van der Waals surface area contributed by atoms with Gasteiger partial charge in [-0.1, -0.05) is 42.5 Å². The maximum atomic E-state index is 11.9. The van der Waals surface area contributed by atoms with E-state index in [9.17, 15) is 14.7 Å². The second kappa shape index (κ2) is 10.4. The Morgan fingerprint density at radius 1 is 1.03 bits per heavy atom. The minimum absolute atomic E-state index is 0.140. The van der Waals surface area contributed by atoms with E-state index in [1.165, 1.54) is 0 Å². The number of aromatic nitrogens is 2. The van der Waals surface area contributed by atoms with Crippen LogP contribution < -0.4 is 4.90 Å². The summed E-state index contributed by atoms with van der Waals surface area (Å²) in [6, 6.07) is 23.3. The van der Waals surface area contributed by atoms with Crippen molar-refractivity contribution >= 4 is 17.7 Å². The molecule has 0 radical (unpaired) electrons. The molecule has 1 amide bonds. The Kier molecular flexibility index (Phi) is 6.88. The maximum Gasteiger partial charge on any atom is 0.414 e. The number of cyclic esters (lactones) is 1.